The van der Waals surface area contributed by atoms with Crippen molar-refractivity contribution in [1.29, 1.82) is 0 Å². The molecular weight excluding hydrogens is 831 g/mol. The Bertz CT molecular complexity index is 1960. The van der Waals surface area contributed by atoms with Gasteiger partial charge in [-0.05, 0) is 94.1 Å². The normalized spacial score (nSPS) is 17.3. The second-order valence-corrected chi connectivity index (χ2v) is 18.1. The van der Waals surface area contributed by atoms with Gasteiger partial charge in [-0.3, -0.25) is 28.8 Å². The number of benzene rings is 2. The van der Waals surface area contributed by atoms with Crippen molar-refractivity contribution in [3.8, 4) is 11.1 Å². The number of carbonyl (C=O) groups excluding carboxylic acids is 8. The predicted molar refractivity (Wildman–Crippen MR) is 238 cm³/mol. The molecule has 63 heavy (non-hydrogen) atoms. The molecule has 17 nitrogen and oxygen atoms in total. The predicted octanol–water partition coefficient (Wildman–Crippen LogP) is 2.88. The lowest BCUT2D eigenvalue weighted by Crippen LogP contribution is -2.59. The Morgan fingerprint density at radius 2 is 1.35 bits per heavy atom. The van der Waals surface area contributed by atoms with E-state index in [-0.39, 0.29) is 24.9 Å². The third kappa shape index (κ3) is 13.7. The lowest BCUT2D eigenvalue weighted by molar-refractivity contribution is -0.163. The number of nitrogens with one attached hydrogen (secondary N) is 5. The summed E-state index contributed by atoms with van der Waals surface area (Å²) in [6.07, 6.45) is 1.99. The molecular formula is C45H63N7O10S. The summed E-state index contributed by atoms with van der Waals surface area (Å²) in [5.41, 5.74) is 8.69. The molecule has 2 aromatic carbocycles. The molecule has 0 radical (unpaired) electrons. The molecule has 1 saturated heterocycles. The van der Waals surface area contributed by atoms with E-state index in [1.54, 1.807) is 20.8 Å². The molecule has 344 valence electrons. The average molecular weight is 894 g/mol. The van der Waals surface area contributed by atoms with Gasteiger partial charge in [-0.25, -0.2) is 9.59 Å². The Kier molecular flexibility index (Phi) is 18.0. The van der Waals surface area contributed by atoms with Gasteiger partial charge in [0.1, 0.15) is 48.5 Å². The zero-order valence-corrected chi connectivity index (χ0v) is 38.2. The van der Waals surface area contributed by atoms with Gasteiger partial charge in [-0.2, -0.15) is 11.8 Å². The molecule has 18 heteroatoms. The van der Waals surface area contributed by atoms with Gasteiger partial charge in [-0.15, -0.1) is 0 Å². The van der Waals surface area contributed by atoms with Crippen LogP contribution in [0.5, 0.6) is 0 Å². The minimum absolute atomic E-state index is 0.0468. The Balaban J connectivity index is 1.35. The van der Waals surface area contributed by atoms with Crippen molar-refractivity contribution >= 4 is 59.3 Å². The van der Waals surface area contributed by atoms with Crippen molar-refractivity contribution < 1.29 is 47.8 Å². The fourth-order valence-corrected chi connectivity index (χ4v) is 8.01. The number of carbonyl (C=O) groups is 8. The molecule has 1 aliphatic heterocycles. The van der Waals surface area contributed by atoms with Crippen LogP contribution in [0.3, 0.4) is 0 Å². The molecule has 1 aliphatic carbocycles. The minimum Gasteiger partial charge on any atom is -0.458 e. The number of amides is 7. The van der Waals surface area contributed by atoms with Crippen LogP contribution < -0.4 is 32.3 Å². The summed E-state index contributed by atoms with van der Waals surface area (Å²) in [7, 11) is 0. The van der Waals surface area contributed by atoms with E-state index >= 15 is 0 Å². The first kappa shape index (κ1) is 50.0. The summed E-state index contributed by atoms with van der Waals surface area (Å²) in [5.74, 6) is -4.91. The minimum atomic E-state index is -1.48. The molecule has 0 unspecified atom stereocenters. The second-order valence-electron chi connectivity index (χ2n) is 17.1. The van der Waals surface area contributed by atoms with Crippen LogP contribution in [-0.2, 0) is 43.0 Å². The van der Waals surface area contributed by atoms with Gasteiger partial charge in [-0.1, -0.05) is 68.8 Å². The van der Waals surface area contributed by atoms with Crippen molar-refractivity contribution in [2.24, 2.45) is 11.7 Å². The first-order chi connectivity index (χ1) is 29.8. The lowest BCUT2D eigenvalue weighted by Gasteiger charge is -2.33. The SMILES string of the molecule is CC[C@H](C)[C@H](NC(=O)[C@H](C)NC(=O)[C@H](CCSC)NC(=O)[C@H](C)NC(=O)[C@@H](CC(N)=O)NC(=O)OCC1c2ccccc2-c2ccccc21)C(=O)N1CCC[C@H]1C(=O)OC(C)(C)C. The van der Waals surface area contributed by atoms with E-state index < -0.39 is 95.8 Å². The van der Waals surface area contributed by atoms with Crippen LogP contribution in [0.1, 0.15) is 97.6 Å². The van der Waals surface area contributed by atoms with Gasteiger partial charge in [0, 0.05) is 12.5 Å². The average Bonchev–Trinajstić information content (AvgIpc) is 3.85. The number of primary amides is 1. The third-order valence-corrected chi connectivity index (χ3v) is 11.7. The van der Waals surface area contributed by atoms with Gasteiger partial charge in [0.2, 0.25) is 35.4 Å². The van der Waals surface area contributed by atoms with Crippen molar-refractivity contribution in [1.82, 2.24) is 31.5 Å². The van der Waals surface area contributed by atoms with Crippen LogP contribution in [0.15, 0.2) is 48.5 Å². The number of ether oxygens (including phenoxy) is 2. The Labute approximate surface area is 373 Å². The van der Waals surface area contributed by atoms with E-state index in [1.807, 2.05) is 68.6 Å². The molecule has 0 spiro atoms. The molecule has 0 aromatic heterocycles. The summed E-state index contributed by atoms with van der Waals surface area (Å²) in [5, 5.41) is 12.9. The van der Waals surface area contributed by atoms with Crippen LogP contribution in [0, 0.1) is 5.92 Å². The number of thioether (sulfide) groups is 1. The lowest BCUT2D eigenvalue weighted by atomic mass is 9.97. The van der Waals surface area contributed by atoms with Crippen LogP contribution >= 0.6 is 11.8 Å². The van der Waals surface area contributed by atoms with Gasteiger partial charge in [0.15, 0.2) is 0 Å². The molecule has 0 saturated carbocycles. The van der Waals surface area contributed by atoms with Crippen LogP contribution in [0.2, 0.25) is 0 Å². The van der Waals surface area contributed by atoms with Crippen molar-refractivity contribution in [2.45, 2.75) is 128 Å². The molecule has 2 aromatic rings. The number of fused-ring (bicyclic) bond motifs is 3. The number of esters is 1. The van der Waals surface area contributed by atoms with Crippen molar-refractivity contribution in [2.75, 3.05) is 25.2 Å². The summed E-state index contributed by atoms with van der Waals surface area (Å²) in [6.45, 7) is 12.0. The maximum Gasteiger partial charge on any atom is 0.407 e. The standard InChI is InChI=1S/C45H63N7O10S/c1-9-25(2)37(42(58)52-21-14-19-35(52)43(59)62-45(5,6)7)51-39(55)27(4)47-40(56)33(20-22-63-8)49-38(54)26(3)48-41(57)34(23-36(46)53)50-44(60)61-24-32-30-17-12-10-15-28(30)29-16-11-13-18-31(29)32/h10-13,15-18,25-27,32-35,37H,9,14,19-24H2,1-8H3,(H2,46,53)(H,47,56)(H,48,57)(H,49,54)(H,50,60)(H,51,55)/t25-,26-,27-,33-,34+,35-,37-/m0/s1. The maximum atomic E-state index is 13.9. The molecule has 4 rings (SSSR count). The van der Waals surface area contributed by atoms with Gasteiger partial charge >= 0.3 is 12.1 Å². The van der Waals surface area contributed by atoms with Crippen LogP contribution in [-0.4, -0.2) is 119 Å². The monoisotopic (exact) mass is 893 g/mol. The van der Waals surface area contributed by atoms with Crippen LogP contribution in [0.25, 0.3) is 11.1 Å². The van der Waals surface area contributed by atoms with E-state index in [2.05, 4.69) is 26.6 Å². The van der Waals surface area contributed by atoms with Crippen molar-refractivity contribution in [3.05, 3.63) is 59.7 Å². The smallest absolute Gasteiger partial charge is 0.407 e. The highest BCUT2D eigenvalue weighted by Crippen LogP contribution is 2.44. The van der Waals surface area contributed by atoms with Crippen LogP contribution in [0.4, 0.5) is 4.79 Å². The topological polar surface area (TPSA) is 244 Å². The van der Waals surface area contributed by atoms with E-state index in [4.69, 9.17) is 15.2 Å². The highest BCUT2D eigenvalue weighted by atomic mass is 32.2. The van der Waals surface area contributed by atoms with Crippen molar-refractivity contribution in [3.63, 3.8) is 0 Å². The molecule has 1 heterocycles. The number of hydrogen-bond acceptors (Lipinski definition) is 11. The molecule has 7 atom stereocenters. The summed E-state index contributed by atoms with van der Waals surface area (Å²) < 4.78 is 11.1. The summed E-state index contributed by atoms with van der Waals surface area (Å²) in [6, 6.07) is 8.78. The van der Waals surface area contributed by atoms with E-state index in [0.29, 0.717) is 31.6 Å². The first-order valence-electron chi connectivity index (χ1n) is 21.4. The van der Waals surface area contributed by atoms with E-state index in [1.165, 1.54) is 30.5 Å². The number of nitrogens with zero attached hydrogens (tertiary/aromatic N) is 1. The molecule has 7 N–H and O–H groups in total. The summed E-state index contributed by atoms with van der Waals surface area (Å²) in [4.78, 5) is 107. The number of alkyl carbamates (subject to hydrolysis) is 1. The number of likely N-dealkylation sites (tertiary alicyclic amines) is 1. The highest BCUT2D eigenvalue weighted by Gasteiger charge is 2.41. The largest absolute Gasteiger partial charge is 0.458 e. The number of rotatable bonds is 20. The second kappa shape index (κ2) is 22.6. The fraction of sp³-hybridized carbons (Fsp3) is 0.556. The van der Waals surface area contributed by atoms with E-state index in [9.17, 15) is 38.4 Å². The summed E-state index contributed by atoms with van der Waals surface area (Å²) >= 11 is 1.42. The van der Waals surface area contributed by atoms with Gasteiger partial charge in [0.05, 0.1) is 6.42 Å². The zero-order valence-electron chi connectivity index (χ0n) is 37.4. The third-order valence-electron chi connectivity index (χ3n) is 11.1. The molecule has 2 aliphatic rings. The molecule has 1 fully saturated rings. The van der Waals surface area contributed by atoms with Gasteiger partial charge in [0.25, 0.3) is 0 Å². The quantitative estimate of drug-likeness (QED) is 0.106. The Morgan fingerprint density at radius 3 is 1.89 bits per heavy atom. The Morgan fingerprint density at radius 1 is 0.794 bits per heavy atom. The number of hydrogen-bond donors (Lipinski definition) is 6. The number of nitrogens with two attached hydrogens (primary N) is 1. The van der Waals surface area contributed by atoms with E-state index in [0.717, 1.165) is 22.3 Å². The maximum absolute atomic E-state index is 13.9. The Hall–Kier alpha value is -5.65. The molecule has 0 bridgehead atoms. The molecule has 7 amide bonds. The zero-order chi connectivity index (χ0) is 46.6. The fourth-order valence-electron chi connectivity index (χ4n) is 7.54. The first-order valence-corrected chi connectivity index (χ1v) is 22.8. The van der Waals surface area contributed by atoms with Gasteiger partial charge < -0.3 is 46.7 Å². The highest BCUT2D eigenvalue weighted by molar-refractivity contribution is 7.98.